The van der Waals surface area contributed by atoms with Crippen LogP contribution in [-0.2, 0) is 4.74 Å². The minimum absolute atomic E-state index is 0.150. The average molecular weight is 458 g/mol. The van der Waals surface area contributed by atoms with Crippen LogP contribution in [-0.4, -0.2) is 28.7 Å². The Balaban J connectivity index is 1.57. The van der Waals surface area contributed by atoms with Gasteiger partial charge >= 0.3 is 12.1 Å². The van der Waals surface area contributed by atoms with Gasteiger partial charge in [0.1, 0.15) is 5.82 Å². The summed E-state index contributed by atoms with van der Waals surface area (Å²) in [4.78, 5) is 33.5. The van der Waals surface area contributed by atoms with Crippen LogP contribution in [0.1, 0.15) is 11.9 Å². The molecule has 0 bridgehead atoms. The van der Waals surface area contributed by atoms with E-state index in [4.69, 9.17) is 11.2 Å². The van der Waals surface area contributed by atoms with Crippen LogP contribution in [0.3, 0.4) is 0 Å². The molecule has 2 heterocycles. The van der Waals surface area contributed by atoms with E-state index in [0.717, 1.165) is 27.0 Å². The molecule has 0 aliphatic heterocycles. The first-order chi connectivity index (χ1) is 16.1. The highest BCUT2D eigenvalue weighted by Gasteiger charge is 2.20. The van der Waals surface area contributed by atoms with Crippen LogP contribution in [0.4, 0.5) is 21.1 Å². The van der Waals surface area contributed by atoms with Gasteiger partial charge in [0.15, 0.2) is 5.01 Å². The third-order valence-corrected chi connectivity index (χ3v) is 5.39. The first kappa shape index (κ1) is 21.8. The predicted molar refractivity (Wildman–Crippen MR) is 129 cm³/mol. The summed E-state index contributed by atoms with van der Waals surface area (Å²) in [6.45, 7) is 1.84. The van der Waals surface area contributed by atoms with Crippen LogP contribution in [0.5, 0.6) is 0 Å². The van der Waals surface area contributed by atoms with E-state index in [2.05, 4.69) is 26.6 Å². The number of hydrazine groups is 1. The molecular formula is C24H19N5O3S. The van der Waals surface area contributed by atoms with E-state index >= 15 is 0 Å². The predicted octanol–water partition coefficient (Wildman–Crippen LogP) is 5.04. The van der Waals surface area contributed by atoms with Crippen molar-refractivity contribution < 1.29 is 14.3 Å². The van der Waals surface area contributed by atoms with Crippen LogP contribution in [0, 0.1) is 12.3 Å². The number of hydrogen-bond donors (Lipinski definition) is 2. The number of nitrogens with one attached hydrogen (secondary N) is 2. The second-order valence-electron chi connectivity index (χ2n) is 6.71. The first-order valence-corrected chi connectivity index (χ1v) is 10.9. The van der Waals surface area contributed by atoms with Crippen LogP contribution in [0.15, 0.2) is 66.2 Å². The van der Waals surface area contributed by atoms with Gasteiger partial charge in [-0.05, 0) is 48.2 Å². The molecule has 164 valence electrons. The number of carbonyl (C=O) groups excluding carboxylic acids is 2. The Morgan fingerprint density at radius 1 is 1.15 bits per heavy atom. The van der Waals surface area contributed by atoms with Gasteiger partial charge in [-0.3, -0.25) is 10.3 Å². The Morgan fingerprint density at radius 3 is 2.70 bits per heavy atom. The summed E-state index contributed by atoms with van der Waals surface area (Å²) >= 11 is 1.22. The number of terminal acetylenes is 1. The van der Waals surface area contributed by atoms with Crippen molar-refractivity contribution in [3.63, 3.8) is 0 Å². The molecule has 3 amide bonds. The van der Waals surface area contributed by atoms with Crippen LogP contribution >= 0.6 is 11.3 Å². The number of hydrogen-bond acceptors (Lipinski definition) is 6. The molecule has 0 saturated heterocycles. The second-order valence-corrected chi connectivity index (χ2v) is 7.56. The maximum Gasteiger partial charge on any atom is 0.433 e. The number of pyridine rings is 1. The molecule has 0 atom stereocenters. The molecule has 2 N–H and O–H groups in total. The van der Waals surface area contributed by atoms with E-state index in [-0.39, 0.29) is 12.4 Å². The van der Waals surface area contributed by atoms with Crippen molar-refractivity contribution in [3.05, 3.63) is 71.2 Å². The molecule has 0 radical (unpaired) electrons. The highest BCUT2D eigenvalue weighted by Crippen LogP contribution is 2.29. The van der Waals surface area contributed by atoms with Gasteiger partial charge in [0, 0.05) is 17.0 Å². The van der Waals surface area contributed by atoms with E-state index in [1.54, 1.807) is 30.6 Å². The lowest BCUT2D eigenvalue weighted by Crippen LogP contribution is -2.48. The SMILES string of the molecule is C#Cc1nc(NC(=O)NN(C(=O)OCC)c2ccc(-c3cccc4ncccc34)cc2)cs1. The fourth-order valence-electron chi connectivity index (χ4n) is 3.19. The van der Waals surface area contributed by atoms with Crippen molar-refractivity contribution >= 4 is 45.9 Å². The summed E-state index contributed by atoms with van der Waals surface area (Å²) in [6, 6.07) is 16.3. The third-order valence-electron chi connectivity index (χ3n) is 4.62. The van der Waals surface area contributed by atoms with Gasteiger partial charge in [-0.2, -0.15) is 5.01 Å². The third kappa shape index (κ3) is 4.92. The smallest absolute Gasteiger partial charge is 0.433 e. The van der Waals surface area contributed by atoms with Gasteiger partial charge < -0.3 is 4.74 Å². The highest BCUT2D eigenvalue weighted by atomic mass is 32.1. The number of carbonyl (C=O) groups is 2. The van der Waals surface area contributed by atoms with Crippen LogP contribution in [0.25, 0.3) is 22.0 Å². The molecule has 2 aromatic heterocycles. The standard InChI is InChI=1S/C24H19N5O3S/c1-3-22-26-21(15-33-22)27-23(30)28-29(24(31)32-4-2)17-12-10-16(11-13-17)18-7-5-9-20-19(18)8-6-14-25-20/h1,5-15H,4H2,2H3,(H2,27,28,30). The fraction of sp³-hybridized carbons (Fsp3) is 0.0833. The fourth-order valence-corrected chi connectivity index (χ4v) is 3.75. The number of rotatable bonds is 4. The Kier molecular flexibility index (Phi) is 6.48. The van der Waals surface area contributed by atoms with Gasteiger partial charge in [-0.1, -0.05) is 30.3 Å². The van der Waals surface area contributed by atoms with Gasteiger partial charge in [0.25, 0.3) is 0 Å². The Hall–Kier alpha value is -4.42. The van der Waals surface area contributed by atoms with Crippen molar-refractivity contribution in [3.8, 4) is 23.5 Å². The molecule has 0 aliphatic rings. The number of ether oxygens (including phenoxy) is 1. The van der Waals surface area contributed by atoms with Gasteiger partial charge in [-0.15, -0.1) is 17.8 Å². The van der Waals surface area contributed by atoms with Crippen molar-refractivity contribution in [2.24, 2.45) is 0 Å². The lowest BCUT2D eigenvalue weighted by Gasteiger charge is -2.22. The number of amides is 3. The van der Waals surface area contributed by atoms with E-state index in [0.29, 0.717) is 10.7 Å². The Labute approximate surface area is 194 Å². The van der Waals surface area contributed by atoms with Crippen molar-refractivity contribution in [1.82, 2.24) is 15.4 Å². The van der Waals surface area contributed by atoms with Gasteiger partial charge in [-0.25, -0.2) is 20.0 Å². The largest absolute Gasteiger partial charge is 0.448 e. The van der Waals surface area contributed by atoms with Crippen LogP contribution < -0.4 is 15.8 Å². The average Bonchev–Trinajstić information content (AvgIpc) is 3.30. The molecule has 4 rings (SSSR count). The van der Waals surface area contributed by atoms with E-state index < -0.39 is 12.1 Å². The van der Waals surface area contributed by atoms with Crippen molar-refractivity contribution in [2.75, 3.05) is 16.9 Å². The Morgan fingerprint density at radius 2 is 1.97 bits per heavy atom. The summed E-state index contributed by atoms with van der Waals surface area (Å²) in [6.07, 6.45) is 6.33. The topological polar surface area (TPSA) is 96.5 Å². The number of benzene rings is 2. The number of thiazole rings is 1. The molecule has 0 aliphatic carbocycles. The summed E-state index contributed by atoms with van der Waals surface area (Å²) in [5.41, 5.74) is 5.76. The maximum atomic E-state index is 12.5. The monoisotopic (exact) mass is 457 g/mol. The molecule has 33 heavy (non-hydrogen) atoms. The zero-order valence-corrected chi connectivity index (χ0v) is 18.4. The second kappa shape index (κ2) is 9.80. The van der Waals surface area contributed by atoms with Crippen LogP contribution in [0.2, 0.25) is 0 Å². The van der Waals surface area contributed by atoms with E-state index in [1.165, 1.54) is 11.3 Å². The molecule has 2 aromatic carbocycles. The summed E-state index contributed by atoms with van der Waals surface area (Å²) in [5.74, 6) is 2.69. The lowest BCUT2D eigenvalue weighted by molar-refractivity contribution is 0.156. The minimum Gasteiger partial charge on any atom is -0.448 e. The lowest BCUT2D eigenvalue weighted by atomic mass is 10.0. The van der Waals surface area contributed by atoms with E-state index in [1.807, 2.05) is 42.5 Å². The van der Waals surface area contributed by atoms with Gasteiger partial charge in [0.05, 0.1) is 17.8 Å². The summed E-state index contributed by atoms with van der Waals surface area (Å²) in [7, 11) is 0. The van der Waals surface area contributed by atoms with E-state index in [9.17, 15) is 9.59 Å². The summed E-state index contributed by atoms with van der Waals surface area (Å²) < 4.78 is 5.10. The molecule has 0 fully saturated rings. The molecule has 4 aromatic rings. The van der Waals surface area contributed by atoms with Crippen molar-refractivity contribution in [1.29, 1.82) is 0 Å². The molecule has 0 unspecified atom stereocenters. The number of fused-ring (bicyclic) bond motifs is 1. The molecule has 0 saturated carbocycles. The normalized spacial score (nSPS) is 10.3. The molecule has 0 spiro atoms. The Bertz CT molecular complexity index is 1340. The number of anilines is 2. The van der Waals surface area contributed by atoms with Gasteiger partial charge in [0.2, 0.25) is 0 Å². The number of aromatic nitrogens is 2. The highest BCUT2D eigenvalue weighted by molar-refractivity contribution is 7.10. The maximum absolute atomic E-state index is 12.5. The quantitative estimate of drug-likeness (QED) is 0.331. The minimum atomic E-state index is -0.725. The zero-order valence-electron chi connectivity index (χ0n) is 17.6. The molecular weight excluding hydrogens is 438 g/mol. The zero-order chi connectivity index (χ0) is 23.2. The first-order valence-electron chi connectivity index (χ1n) is 10.00. The number of nitrogens with zero attached hydrogens (tertiary/aromatic N) is 3. The number of urea groups is 1. The molecule has 9 heteroatoms. The van der Waals surface area contributed by atoms with Crippen molar-refractivity contribution in [2.45, 2.75) is 6.92 Å². The molecule has 8 nitrogen and oxygen atoms in total. The summed E-state index contributed by atoms with van der Waals surface area (Å²) in [5, 5.41) is 6.64.